The number of hydrogen-bond donors (Lipinski definition) is 1. The van der Waals surface area contributed by atoms with E-state index >= 15 is 0 Å². The van der Waals surface area contributed by atoms with Crippen LogP contribution in [0.5, 0.6) is 5.75 Å². The van der Waals surface area contributed by atoms with Gasteiger partial charge in [0, 0.05) is 30.2 Å². The van der Waals surface area contributed by atoms with Crippen molar-refractivity contribution in [2.45, 2.75) is 76.9 Å². The largest absolute Gasteiger partial charge is 0.489 e. The summed E-state index contributed by atoms with van der Waals surface area (Å²) in [7, 11) is 0. The van der Waals surface area contributed by atoms with E-state index in [-0.39, 0.29) is 43.3 Å². The molecule has 1 aliphatic heterocycles. The van der Waals surface area contributed by atoms with Crippen molar-refractivity contribution in [2.24, 2.45) is 17.8 Å². The molecule has 3 rings (SSSR count). The van der Waals surface area contributed by atoms with Gasteiger partial charge in [-0.05, 0) is 56.4 Å². The van der Waals surface area contributed by atoms with Crippen molar-refractivity contribution in [1.82, 2.24) is 0 Å². The maximum absolute atomic E-state index is 12.2. The quantitative estimate of drug-likeness (QED) is 0.0939. The number of carbonyl (C=O) groups is 1. The molecule has 41 heavy (non-hydrogen) atoms. The summed E-state index contributed by atoms with van der Waals surface area (Å²) >= 11 is 0. The highest BCUT2D eigenvalue weighted by molar-refractivity contribution is 5.69. The second-order valence-corrected chi connectivity index (χ2v) is 10.5. The van der Waals surface area contributed by atoms with Gasteiger partial charge >= 0.3 is 5.97 Å². The predicted molar refractivity (Wildman–Crippen MR) is 147 cm³/mol. The molecule has 5 atom stereocenters. The van der Waals surface area contributed by atoms with Crippen molar-refractivity contribution in [3.8, 4) is 17.6 Å². The molecule has 0 saturated heterocycles. The lowest BCUT2D eigenvalue weighted by Gasteiger charge is -2.17. The second-order valence-electron chi connectivity index (χ2n) is 10.5. The third kappa shape index (κ3) is 9.63. The zero-order chi connectivity index (χ0) is 29.8. The normalized spacial score (nSPS) is 20.3. The third-order valence-electron chi connectivity index (χ3n) is 7.59. The summed E-state index contributed by atoms with van der Waals surface area (Å²) in [4.78, 5) is 41.6. The average Bonchev–Trinajstić information content (AvgIpc) is 3.51. The fourth-order valence-electron chi connectivity index (χ4n) is 5.34. The van der Waals surface area contributed by atoms with Gasteiger partial charge in [0.05, 0.1) is 12.7 Å². The van der Waals surface area contributed by atoms with E-state index in [9.17, 15) is 30.1 Å². The number of carbonyl (C=O) groups excluding carboxylic acids is 1. The maximum Gasteiger partial charge on any atom is 0.305 e. The molecule has 12 nitrogen and oxygen atoms in total. The van der Waals surface area contributed by atoms with Crippen molar-refractivity contribution in [3.63, 3.8) is 0 Å². The molecule has 1 N–H and O–H groups in total. The lowest BCUT2D eigenvalue weighted by atomic mass is 9.86. The molecule has 1 aromatic rings. The highest BCUT2D eigenvalue weighted by Gasteiger charge is 2.44. The Hall–Kier alpha value is -3.85. The maximum atomic E-state index is 12.2. The number of allylic oxidation sites excluding steroid dienone is 1. The van der Waals surface area contributed by atoms with Crippen LogP contribution in [-0.4, -0.2) is 53.3 Å². The lowest BCUT2D eigenvalue weighted by Crippen LogP contribution is -2.22. The number of benzene rings is 1. The van der Waals surface area contributed by atoms with Gasteiger partial charge in [0.2, 0.25) is 0 Å². The van der Waals surface area contributed by atoms with Crippen LogP contribution >= 0.6 is 0 Å². The Labute approximate surface area is 239 Å². The lowest BCUT2D eigenvalue weighted by molar-refractivity contribution is -0.768. The molecule has 1 heterocycles. The minimum atomic E-state index is -0.990. The van der Waals surface area contributed by atoms with Crippen LogP contribution in [-0.2, 0) is 25.6 Å². The number of esters is 1. The number of para-hydroxylation sites is 1. The van der Waals surface area contributed by atoms with Crippen LogP contribution < -0.4 is 4.74 Å². The van der Waals surface area contributed by atoms with Gasteiger partial charge in [-0.2, -0.15) is 0 Å². The zero-order valence-electron chi connectivity index (χ0n) is 23.4. The highest BCUT2D eigenvalue weighted by Crippen LogP contribution is 2.52. The van der Waals surface area contributed by atoms with Crippen molar-refractivity contribution < 1.29 is 39.2 Å². The molecule has 1 fully saturated rings. The summed E-state index contributed by atoms with van der Waals surface area (Å²) in [5.41, 5.74) is 2.20. The van der Waals surface area contributed by atoms with Crippen LogP contribution in [0.2, 0.25) is 0 Å². The molecule has 1 saturated carbocycles. The van der Waals surface area contributed by atoms with E-state index in [4.69, 9.17) is 9.47 Å². The van der Waals surface area contributed by atoms with E-state index in [2.05, 4.69) is 33.7 Å². The number of aliphatic hydroxyl groups excluding tert-OH is 1. The molecule has 0 aromatic heterocycles. The van der Waals surface area contributed by atoms with Gasteiger partial charge in [-0.3, -0.25) is 4.79 Å². The number of nitrogens with zero attached hydrogens (tertiary/aromatic N) is 2. The third-order valence-corrected chi connectivity index (χ3v) is 7.59. The summed E-state index contributed by atoms with van der Waals surface area (Å²) in [6.07, 6.45) is 7.62. The fourth-order valence-corrected chi connectivity index (χ4v) is 5.34. The standard InChI is InChI=1S/C29H38N2O10/c1-3-4-7-20(2)25(32)14-12-22-13-15-26-28(22)24-10-5-8-23(29(24)41-26)9-6-11-27(33)38-17-16-21(18-39-30(34)35)19-40-31(36)37/h5,8,10,12,14,20-22,25-26,28,32H,6-7,9,11,13,15-19H2,1-2H3/b14-12+. The van der Waals surface area contributed by atoms with E-state index in [1.165, 1.54) is 5.56 Å². The Morgan fingerprint density at radius 3 is 2.63 bits per heavy atom. The number of ether oxygens (including phenoxy) is 2. The number of fused-ring (bicyclic) bond motifs is 3. The molecule has 0 bridgehead atoms. The average molecular weight is 575 g/mol. The molecule has 0 spiro atoms. The zero-order valence-corrected chi connectivity index (χ0v) is 23.4. The van der Waals surface area contributed by atoms with Crippen molar-refractivity contribution in [2.75, 3.05) is 19.8 Å². The first-order chi connectivity index (χ1) is 19.7. The predicted octanol–water partition coefficient (Wildman–Crippen LogP) is 4.20. The van der Waals surface area contributed by atoms with Crippen molar-refractivity contribution in [1.29, 1.82) is 0 Å². The van der Waals surface area contributed by atoms with Gasteiger partial charge < -0.3 is 24.3 Å². The molecule has 12 heteroatoms. The summed E-state index contributed by atoms with van der Waals surface area (Å²) in [5, 5.41) is 29.3. The van der Waals surface area contributed by atoms with Gasteiger partial charge in [-0.1, -0.05) is 37.3 Å². The van der Waals surface area contributed by atoms with Crippen LogP contribution in [0.3, 0.4) is 0 Å². The molecule has 5 unspecified atom stereocenters. The van der Waals surface area contributed by atoms with Crippen molar-refractivity contribution >= 4 is 5.97 Å². The van der Waals surface area contributed by atoms with E-state index in [0.29, 0.717) is 19.3 Å². The van der Waals surface area contributed by atoms with E-state index in [1.807, 2.05) is 25.1 Å². The first kappa shape index (κ1) is 31.7. The highest BCUT2D eigenvalue weighted by atomic mass is 17.0. The first-order valence-electron chi connectivity index (χ1n) is 13.9. The molecule has 2 aliphatic rings. The summed E-state index contributed by atoms with van der Waals surface area (Å²) in [6.45, 7) is 2.93. The minimum Gasteiger partial charge on any atom is -0.489 e. The van der Waals surface area contributed by atoms with Crippen LogP contribution in [0.1, 0.15) is 69.4 Å². The fraction of sp³-hybridized carbons (Fsp3) is 0.621. The van der Waals surface area contributed by atoms with E-state index in [0.717, 1.165) is 24.2 Å². The minimum absolute atomic E-state index is 0.0623. The van der Waals surface area contributed by atoms with Crippen molar-refractivity contribution in [3.05, 3.63) is 61.7 Å². The Morgan fingerprint density at radius 2 is 1.95 bits per heavy atom. The number of aliphatic hydroxyl groups is 1. The smallest absolute Gasteiger partial charge is 0.305 e. The Kier molecular flexibility index (Phi) is 12.2. The van der Waals surface area contributed by atoms with Crippen LogP contribution in [0, 0.1) is 49.8 Å². The van der Waals surface area contributed by atoms with Gasteiger partial charge in [0.25, 0.3) is 10.2 Å². The topological polar surface area (TPSA) is 161 Å². The summed E-state index contributed by atoms with van der Waals surface area (Å²) in [5.74, 6) is 6.25. The van der Waals surface area contributed by atoms with Crippen LogP contribution in [0.15, 0.2) is 30.4 Å². The molecule has 1 aromatic carbocycles. The second kappa shape index (κ2) is 15.8. The molecule has 0 amide bonds. The Morgan fingerprint density at radius 1 is 1.22 bits per heavy atom. The molecule has 224 valence electrons. The SMILES string of the molecule is CC#CCC(C)C(O)/C=C/C1CCC2Oc3c(CCCC(=O)OCCC(CO[N+](=O)[O-])CO[N+](=O)[O-])cccc3C12. The van der Waals surface area contributed by atoms with E-state index in [1.54, 1.807) is 6.92 Å². The molecule has 1 aliphatic carbocycles. The monoisotopic (exact) mass is 574 g/mol. The summed E-state index contributed by atoms with van der Waals surface area (Å²) in [6, 6.07) is 6.12. The van der Waals surface area contributed by atoms with E-state index < -0.39 is 41.4 Å². The number of hydrogen-bond acceptors (Lipinski definition) is 10. The summed E-state index contributed by atoms with van der Waals surface area (Å²) < 4.78 is 11.6. The van der Waals surface area contributed by atoms with Crippen LogP contribution in [0.25, 0.3) is 0 Å². The Balaban J connectivity index is 1.48. The van der Waals surface area contributed by atoms with Crippen LogP contribution in [0.4, 0.5) is 0 Å². The number of rotatable bonds is 17. The Bertz CT molecular complexity index is 1130. The van der Waals surface area contributed by atoms with Gasteiger partial charge in [0.15, 0.2) is 0 Å². The molecule has 0 radical (unpaired) electrons. The first-order valence-corrected chi connectivity index (χ1v) is 13.9. The number of aryl methyl sites for hydroxylation is 1. The van der Waals surface area contributed by atoms with Gasteiger partial charge in [0.1, 0.15) is 25.1 Å². The molecular weight excluding hydrogens is 536 g/mol. The van der Waals surface area contributed by atoms with Gasteiger partial charge in [-0.25, -0.2) is 0 Å². The molecular formula is C29H38N2O10. The van der Waals surface area contributed by atoms with Gasteiger partial charge in [-0.15, -0.1) is 32.1 Å².